The summed E-state index contributed by atoms with van der Waals surface area (Å²) in [6.45, 7) is 7.94. The molecule has 0 aromatic carbocycles. The van der Waals surface area contributed by atoms with Crippen molar-refractivity contribution in [2.75, 3.05) is 39.8 Å². The van der Waals surface area contributed by atoms with Gasteiger partial charge in [-0.05, 0) is 33.5 Å². The second-order valence-electron chi connectivity index (χ2n) is 3.93. The van der Waals surface area contributed by atoms with E-state index in [1.807, 2.05) is 0 Å². The third-order valence-corrected chi connectivity index (χ3v) is 2.36. The van der Waals surface area contributed by atoms with Crippen LogP contribution in [0.5, 0.6) is 0 Å². The molecule has 1 atom stereocenters. The molecular formula is C9H21N3. The molecule has 0 bridgehead atoms. The summed E-state index contributed by atoms with van der Waals surface area (Å²) in [6, 6.07) is 0.313. The van der Waals surface area contributed by atoms with Gasteiger partial charge in [0.15, 0.2) is 0 Å². The van der Waals surface area contributed by atoms with Crippen molar-refractivity contribution in [1.29, 1.82) is 0 Å². The van der Waals surface area contributed by atoms with Gasteiger partial charge in [-0.15, -0.1) is 0 Å². The summed E-state index contributed by atoms with van der Waals surface area (Å²) in [7, 11) is 2.19. The summed E-state index contributed by atoms with van der Waals surface area (Å²) in [5.41, 5.74) is 5.75. The molecule has 72 valence electrons. The summed E-state index contributed by atoms with van der Waals surface area (Å²) in [6.07, 6.45) is 1.28. The lowest BCUT2D eigenvalue weighted by Gasteiger charge is -2.21. The molecule has 3 nitrogen and oxygen atoms in total. The lowest BCUT2D eigenvalue weighted by Crippen LogP contribution is -2.37. The van der Waals surface area contributed by atoms with Crippen LogP contribution in [0.15, 0.2) is 0 Å². The molecule has 1 heterocycles. The van der Waals surface area contributed by atoms with Gasteiger partial charge in [-0.1, -0.05) is 0 Å². The van der Waals surface area contributed by atoms with E-state index in [9.17, 15) is 0 Å². The minimum absolute atomic E-state index is 0.313. The van der Waals surface area contributed by atoms with Gasteiger partial charge in [-0.2, -0.15) is 0 Å². The molecule has 2 N–H and O–H groups in total. The van der Waals surface area contributed by atoms with Gasteiger partial charge in [-0.3, -0.25) is 0 Å². The van der Waals surface area contributed by atoms with Crippen molar-refractivity contribution in [1.82, 2.24) is 9.80 Å². The minimum Gasteiger partial charge on any atom is -0.327 e. The summed E-state index contributed by atoms with van der Waals surface area (Å²) >= 11 is 0. The number of hydrogen-bond donors (Lipinski definition) is 1. The smallest absolute Gasteiger partial charge is 0.0139 e. The monoisotopic (exact) mass is 171 g/mol. The molecule has 12 heavy (non-hydrogen) atoms. The molecule has 0 aromatic rings. The predicted octanol–water partition coefficient (Wildman–Crippen LogP) is -0.0289. The van der Waals surface area contributed by atoms with Crippen LogP contribution < -0.4 is 5.73 Å². The number of nitrogens with two attached hydrogens (primary N) is 1. The predicted molar refractivity (Wildman–Crippen MR) is 52.2 cm³/mol. The molecule has 1 saturated heterocycles. The van der Waals surface area contributed by atoms with E-state index in [0.29, 0.717) is 6.04 Å². The van der Waals surface area contributed by atoms with Crippen LogP contribution in [0.2, 0.25) is 0 Å². The Morgan fingerprint density at radius 2 is 2.00 bits per heavy atom. The van der Waals surface area contributed by atoms with Crippen LogP contribution in [0.4, 0.5) is 0 Å². The van der Waals surface area contributed by atoms with Gasteiger partial charge >= 0.3 is 0 Å². The molecular weight excluding hydrogens is 150 g/mol. The molecule has 0 saturated carbocycles. The van der Waals surface area contributed by atoms with Gasteiger partial charge < -0.3 is 15.5 Å². The second kappa shape index (κ2) is 4.80. The lowest BCUT2D eigenvalue weighted by molar-refractivity contribution is 0.265. The van der Waals surface area contributed by atoms with Crippen molar-refractivity contribution in [3.05, 3.63) is 0 Å². The number of rotatable bonds is 2. The van der Waals surface area contributed by atoms with Crippen molar-refractivity contribution < 1.29 is 0 Å². The highest BCUT2D eigenvalue weighted by Gasteiger charge is 2.12. The first-order valence-electron chi connectivity index (χ1n) is 4.85. The van der Waals surface area contributed by atoms with Crippen LogP contribution in [0.25, 0.3) is 0 Å². The summed E-state index contributed by atoms with van der Waals surface area (Å²) < 4.78 is 0. The summed E-state index contributed by atoms with van der Waals surface area (Å²) in [5, 5.41) is 0. The summed E-state index contributed by atoms with van der Waals surface area (Å²) in [5.74, 6) is 0. The maximum atomic E-state index is 5.75. The third kappa shape index (κ3) is 3.52. The molecule has 0 radical (unpaired) electrons. The van der Waals surface area contributed by atoms with E-state index in [0.717, 1.165) is 6.54 Å². The van der Waals surface area contributed by atoms with Gasteiger partial charge in [0.2, 0.25) is 0 Å². The molecule has 1 rings (SSSR count). The Balaban J connectivity index is 2.26. The van der Waals surface area contributed by atoms with Crippen molar-refractivity contribution in [2.45, 2.75) is 19.4 Å². The van der Waals surface area contributed by atoms with Crippen molar-refractivity contribution in [3.63, 3.8) is 0 Å². The molecule has 0 spiro atoms. The molecule has 0 aliphatic carbocycles. The summed E-state index contributed by atoms with van der Waals surface area (Å²) in [4.78, 5) is 4.86. The zero-order valence-electron chi connectivity index (χ0n) is 8.29. The van der Waals surface area contributed by atoms with Crippen LogP contribution in [0, 0.1) is 0 Å². The van der Waals surface area contributed by atoms with Gasteiger partial charge in [-0.25, -0.2) is 0 Å². The van der Waals surface area contributed by atoms with Crippen LogP contribution >= 0.6 is 0 Å². The largest absolute Gasteiger partial charge is 0.327 e. The van der Waals surface area contributed by atoms with Crippen LogP contribution in [-0.4, -0.2) is 55.6 Å². The highest BCUT2D eigenvalue weighted by atomic mass is 15.2. The lowest BCUT2D eigenvalue weighted by atomic mass is 10.3. The highest BCUT2D eigenvalue weighted by Crippen LogP contribution is 2.00. The standard InChI is InChI=1S/C9H21N3/c1-9(10)8-12-5-3-4-11(2)6-7-12/h9H,3-8,10H2,1-2H3/t9-/m1/s1. The van der Waals surface area contributed by atoms with Gasteiger partial charge in [0.25, 0.3) is 0 Å². The van der Waals surface area contributed by atoms with Crippen molar-refractivity contribution >= 4 is 0 Å². The zero-order chi connectivity index (χ0) is 8.97. The first-order valence-corrected chi connectivity index (χ1v) is 4.85. The van der Waals surface area contributed by atoms with E-state index in [1.165, 1.54) is 32.6 Å². The van der Waals surface area contributed by atoms with E-state index >= 15 is 0 Å². The topological polar surface area (TPSA) is 32.5 Å². The average Bonchev–Trinajstić information content (AvgIpc) is 2.15. The quantitative estimate of drug-likeness (QED) is 0.633. The first kappa shape index (κ1) is 9.96. The minimum atomic E-state index is 0.313. The van der Waals surface area contributed by atoms with Crippen LogP contribution in [-0.2, 0) is 0 Å². The third-order valence-electron chi connectivity index (χ3n) is 2.36. The van der Waals surface area contributed by atoms with Crippen molar-refractivity contribution in [3.8, 4) is 0 Å². The highest BCUT2D eigenvalue weighted by molar-refractivity contribution is 4.70. The van der Waals surface area contributed by atoms with Crippen LogP contribution in [0.3, 0.4) is 0 Å². The normalized spacial score (nSPS) is 25.2. The average molecular weight is 171 g/mol. The zero-order valence-corrected chi connectivity index (χ0v) is 8.29. The number of hydrogen-bond acceptors (Lipinski definition) is 3. The Bertz CT molecular complexity index is 125. The molecule has 0 aromatic heterocycles. The van der Waals surface area contributed by atoms with Gasteiger partial charge in [0.05, 0.1) is 0 Å². The fraction of sp³-hybridized carbons (Fsp3) is 1.00. The number of nitrogens with zero attached hydrogens (tertiary/aromatic N) is 2. The Kier molecular flexibility index (Phi) is 3.98. The fourth-order valence-corrected chi connectivity index (χ4v) is 1.69. The van der Waals surface area contributed by atoms with E-state index in [4.69, 9.17) is 5.73 Å². The molecule has 1 fully saturated rings. The number of likely N-dealkylation sites (N-methyl/N-ethyl adjacent to an activating group) is 1. The second-order valence-corrected chi connectivity index (χ2v) is 3.93. The van der Waals surface area contributed by atoms with E-state index in [-0.39, 0.29) is 0 Å². The SMILES string of the molecule is C[C@@H](N)CN1CCCN(C)CC1. The maximum Gasteiger partial charge on any atom is 0.0139 e. The molecule has 3 heteroatoms. The Morgan fingerprint density at radius 1 is 1.25 bits per heavy atom. The van der Waals surface area contributed by atoms with Crippen molar-refractivity contribution in [2.24, 2.45) is 5.73 Å². The maximum absolute atomic E-state index is 5.75. The van der Waals surface area contributed by atoms with E-state index in [2.05, 4.69) is 23.8 Å². The molecule has 0 unspecified atom stereocenters. The molecule has 1 aliphatic rings. The Labute approximate surface area is 75.5 Å². The molecule has 0 amide bonds. The van der Waals surface area contributed by atoms with Gasteiger partial charge in [0, 0.05) is 25.7 Å². The first-order chi connectivity index (χ1) is 5.68. The van der Waals surface area contributed by atoms with E-state index in [1.54, 1.807) is 0 Å². The van der Waals surface area contributed by atoms with Crippen LogP contribution in [0.1, 0.15) is 13.3 Å². The molecule has 1 aliphatic heterocycles. The Hall–Kier alpha value is -0.120. The Morgan fingerprint density at radius 3 is 2.67 bits per heavy atom. The van der Waals surface area contributed by atoms with Gasteiger partial charge in [0.1, 0.15) is 0 Å². The fourth-order valence-electron chi connectivity index (χ4n) is 1.69. The van der Waals surface area contributed by atoms with E-state index < -0.39 is 0 Å².